The van der Waals surface area contributed by atoms with Gasteiger partial charge in [0, 0.05) is 18.5 Å². The number of nitrogens with one attached hydrogen (secondary N) is 1. The van der Waals surface area contributed by atoms with Gasteiger partial charge in [-0.3, -0.25) is 14.4 Å². The molecule has 33 heavy (non-hydrogen) atoms. The van der Waals surface area contributed by atoms with E-state index in [1.54, 1.807) is 4.90 Å². The Hall–Kier alpha value is -3.61. The highest BCUT2D eigenvalue weighted by molar-refractivity contribution is 6.19. The third kappa shape index (κ3) is 4.77. The number of aliphatic hydroxyl groups excluding tert-OH is 1. The fourth-order valence-corrected chi connectivity index (χ4v) is 4.89. The molecule has 7 heteroatoms. The molecule has 0 bridgehead atoms. The number of amides is 2. The molecule has 1 aliphatic heterocycles. The second kappa shape index (κ2) is 9.48. The summed E-state index contributed by atoms with van der Waals surface area (Å²) in [7, 11) is 0. The van der Waals surface area contributed by atoms with E-state index in [2.05, 4.69) is 5.32 Å². The van der Waals surface area contributed by atoms with E-state index in [0.717, 1.165) is 36.0 Å². The molecule has 1 saturated carbocycles. The van der Waals surface area contributed by atoms with Crippen molar-refractivity contribution < 1.29 is 24.6 Å². The summed E-state index contributed by atoms with van der Waals surface area (Å²) in [5.41, 5.74) is 2.10. The number of hydrogen-bond donors (Lipinski definition) is 3. The van der Waals surface area contributed by atoms with Gasteiger partial charge in [0.25, 0.3) is 11.8 Å². The van der Waals surface area contributed by atoms with Crippen LogP contribution < -0.4 is 5.32 Å². The van der Waals surface area contributed by atoms with Gasteiger partial charge < -0.3 is 20.4 Å². The van der Waals surface area contributed by atoms with Crippen molar-refractivity contribution in [1.29, 1.82) is 0 Å². The molecular formula is C26H28N2O5. The number of aliphatic hydroxyl groups is 1. The molecule has 0 aromatic heterocycles. The lowest BCUT2D eigenvalue weighted by Crippen LogP contribution is -2.51. The van der Waals surface area contributed by atoms with Gasteiger partial charge in [0.05, 0.1) is 0 Å². The van der Waals surface area contributed by atoms with Gasteiger partial charge in [-0.25, -0.2) is 0 Å². The van der Waals surface area contributed by atoms with Crippen molar-refractivity contribution in [2.75, 3.05) is 13.1 Å². The van der Waals surface area contributed by atoms with Crippen LogP contribution >= 0.6 is 0 Å². The summed E-state index contributed by atoms with van der Waals surface area (Å²) in [5, 5.41) is 22.2. The minimum Gasteiger partial charge on any atom is -0.511 e. The van der Waals surface area contributed by atoms with Gasteiger partial charge in [-0.1, -0.05) is 73.9 Å². The van der Waals surface area contributed by atoms with Crippen molar-refractivity contribution in [2.45, 2.75) is 38.6 Å². The van der Waals surface area contributed by atoms with Crippen molar-refractivity contribution in [3.63, 3.8) is 0 Å². The maximum Gasteiger partial charge on any atom is 0.322 e. The van der Waals surface area contributed by atoms with Crippen LogP contribution in [0.2, 0.25) is 0 Å². The van der Waals surface area contributed by atoms with Crippen LogP contribution in [0.1, 0.15) is 37.7 Å². The van der Waals surface area contributed by atoms with Crippen LogP contribution in [0.5, 0.6) is 0 Å². The minimum absolute atomic E-state index is 0.189. The van der Waals surface area contributed by atoms with Gasteiger partial charge in [-0.15, -0.1) is 0 Å². The molecular weight excluding hydrogens is 420 g/mol. The first-order valence-corrected chi connectivity index (χ1v) is 11.3. The van der Waals surface area contributed by atoms with Crippen LogP contribution in [-0.4, -0.2) is 46.0 Å². The number of benzene rings is 2. The minimum atomic E-state index is -1.21. The quantitative estimate of drug-likeness (QED) is 0.585. The number of rotatable bonds is 6. The Balaban J connectivity index is 1.60. The predicted molar refractivity (Wildman–Crippen MR) is 123 cm³/mol. The zero-order valence-corrected chi connectivity index (χ0v) is 18.4. The fourth-order valence-electron chi connectivity index (χ4n) is 4.89. The second-order valence-corrected chi connectivity index (χ2v) is 8.87. The molecule has 2 aliphatic rings. The van der Waals surface area contributed by atoms with Gasteiger partial charge in [0.15, 0.2) is 0 Å². The average molecular weight is 449 g/mol. The molecule has 7 nitrogen and oxygen atoms in total. The van der Waals surface area contributed by atoms with Crippen LogP contribution in [-0.2, 0) is 20.9 Å². The summed E-state index contributed by atoms with van der Waals surface area (Å²) in [5.74, 6) is -2.81. The standard InChI is InChI=1S/C26H28N2O5/c29-21(30)15-27-24(32)22-23(31)26(13-5-2-6-14-26)17-28(25(22)33)16-18-9-11-20(12-10-18)19-7-3-1-4-8-19/h1,3-4,7-12,31H,2,5-6,13-17H2,(H,27,32)(H,29,30). The second-order valence-electron chi connectivity index (χ2n) is 8.87. The highest BCUT2D eigenvalue weighted by Crippen LogP contribution is 2.46. The summed E-state index contributed by atoms with van der Waals surface area (Å²) in [4.78, 5) is 38.5. The van der Waals surface area contributed by atoms with E-state index in [1.165, 1.54) is 0 Å². The molecule has 0 radical (unpaired) electrons. The highest BCUT2D eigenvalue weighted by Gasteiger charge is 2.47. The number of carbonyl (C=O) groups excluding carboxylic acids is 2. The Morgan fingerprint density at radius 3 is 2.21 bits per heavy atom. The van der Waals surface area contributed by atoms with E-state index in [9.17, 15) is 19.5 Å². The molecule has 0 saturated heterocycles. The molecule has 0 unspecified atom stereocenters. The van der Waals surface area contributed by atoms with Gasteiger partial charge in [-0.05, 0) is 29.5 Å². The van der Waals surface area contributed by atoms with Gasteiger partial charge in [0.1, 0.15) is 17.9 Å². The monoisotopic (exact) mass is 448 g/mol. The van der Waals surface area contributed by atoms with Crippen molar-refractivity contribution in [2.24, 2.45) is 5.41 Å². The first kappa shape index (κ1) is 22.6. The largest absolute Gasteiger partial charge is 0.511 e. The predicted octanol–water partition coefficient (Wildman–Crippen LogP) is 3.66. The normalized spacial score (nSPS) is 17.8. The smallest absolute Gasteiger partial charge is 0.322 e. The lowest BCUT2D eigenvalue weighted by Gasteiger charge is -2.44. The zero-order chi connectivity index (χ0) is 23.4. The van der Waals surface area contributed by atoms with Crippen LogP contribution in [0.15, 0.2) is 65.9 Å². The Morgan fingerprint density at radius 1 is 0.939 bits per heavy atom. The molecule has 2 amide bonds. The SMILES string of the molecule is O=C(O)CNC(=O)C1=C(O)C2(CCCCC2)CN(Cc2ccc(-c3ccccc3)cc2)C1=O. The number of hydrogen-bond acceptors (Lipinski definition) is 4. The van der Waals surface area contributed by atoms with Gasteiger partial charge in [-0.2, -0.15) is 0 Å². The molecule has 2 aromatic carbocycles. The molecule has 3 N–H and O–H groups in total. The number of carboxylic acids is 1. The summed E-state index contributed by atoms with van der Waals surface area (Å²) in [6.45, 7) is 0.0311. The van der Waals surface area contributed by atoms with Crippen LogP contribution in [0.25, 0.3) is 11.1 Å². The molecule has 0 atom stereocenters. The molecule has 1 aliphatic carbocycles. The summed E-state index contributed by atoms with van der Waals surface area (Å²) in [6, 6.07) is 17.9. The van der Waals surface area contributed by atoms with Crippen molar-refractivity contribution >= 4 is 17.8 Å². The number of nitrogens with zero attached hydrogens (tertiary/aromatic N) is 1. The summed E-state index contributed by atoms with van der Waals surface area (Å²) < 4.78 is 0. The maximum absolute atomic E-state index is 13.2. The Labute approximate surface area is 192 Å². The van der Waals surface area contributed by atoms with Crippen LogP contribution in [0.4, 0.5) is 0 Å². The van der Waals surface area contributed by atoms with E-state index in [0.29, 0.717) is 25.9 Å². The molecule has 1 spiro atoms. The first-order valence-electron chi connectivity index (χ1n) is 11.3. The Kier molecular flexibility index (Phi) is 6.49. The Morgan fingerprint density at radius 2 is 1.58 bits per heavy atom. The van der Waals surface area contributed by atoms with E-state index >= 15 is 0 Å². The van der Waals surface area contributed by atoms with Gasteiger partial charge in [0.2, 0.25) is 0 Å². The van der Waals surface area contributed by atoms with E-state index in [-0.39, 0.29) is 11.3 Å². The lowest BCUT2D eigenvalue weighted by atomic mass is 9.69. The maximum atomic E-state index is 13.2. The van der Waals surface area contributed by atoms with E-state index in [1.807, 2.05) is 54.6 Å². The Bertz CT molecular complexity index is 1070. The number of carboxylic acid groups (broad SMARTS) is 1. The topological polar surface area (TPSA) is 107 Å². The molecule has 1 heterocycles. The zero-order valence-electron chi connectivity index (χ0n) is 18.4. The molecule has 4 rings (SSSR count). The van der Waals surface area contributed by atoms with Crippen molar-refractivity contribution in [1.82, 2.24) is 10.2 Å². The lowest BCUT2D eigenvalue weighted by molar-refractivity contribution is -0.139. The fraction of sp³-hybridized carbons (Fsp3) is 0.346. The number of carbonyl (C=O) groups is 3. The van der Waals surface area contributed by atoms with Crippen LogP contribution in [0.3, 0.4) is 0 Å². The highest BCUT2D eigenvalue weighted by atomic mass is 16.4. The third-order valence-corrected chi connectivity index (χ3v) is 6.61. The average Bonchev–Trinajstić information content (AvgIpc) is 2.83. The molecule has 2 aromatic rings. The molecule has 1 fully saturated rings. The summed E-state index contributed by atoms with van der Waals surface area (Å²) in [6.07, 6.45) is 4.23. The first-order chi connectivity index (χ1) is 15.9. The van der Waals surface area contributed by atoms with Gasteiger partial charge >= 0.3 is 5.97 Å². The van der Waals surface area contributed by atoms with E-state index in [4.69, 9.17) is 5.11 Å². The van der Waals surface area contributed by atoms with Crippen molar-refractivity contribution in [3.8, 4) is 11.1 Å². The molecule has 172 valence electrons. The third-order valence-electron chi connectivity index (χ3n) is 6.61. The van der Waals surface area contributed by atoms with Crippen molar-refractivity contribution in [3.05, 3.63) is 71.5 Å². The number of aliphatic carboxylic acids is 1. The van der Waals surface area contributed by atoms with E-state index < -0.39 is 29.7 Å². The van der Waals surface area contributed by atoms with Crippen LogP contribution in [0, 0.1) is 5.41 Å². The summed E-state index contributed by atoms with van der Waals surface area (Å²) >= 11 is 0.